The summed E-state index contributed by atoms with van der Waals surface area (Å²) >= 11 is 0. The summed E-state index contributed by atoms with van der Waals surface area (Å²) in [6, 6.07) is 8.14. The molecule has 4 aliphatic rings. The average Bonchev–Trinajstić information content (AvgIpc) is 3.12. The zero-order chi connectivity index (χ0) is 37.6. The maximum atomic E-state index is 11.0. The zero-order valence-electron chi connectivity index (χ0n) is 27.4. The fraction of sp³-hybridized carbons (Fsp3) is 0.576. The lowest BCUT2D eigenvalue weighted by atomic mass is 9.98. The van der Waals surface area contributed by atoms with E-state index in [4.69, 9.17) is 33.2 Å². The first kappa shape index (κ1) is 38.3. The van der Waals surface area contributed by atoms with Crippen molar-refractivity contribution in [3.63, 3.8) is 0 Å². The van der Waals surface area contributed by atoms with Crippen LogP contribution >= 0.6 is 0 Å². The molecule has 288 valence electrons. The first-order valence-electron chi connectivity index (χ1n) is 16.4. The minimum Gasteiger partial charge on any atom is -0.508 e. The van der Waals surface area contributed by atoms with Gasteiger partial charge in [0.25, 0.3) is 0 Å². The number of aromatic hydroxyl groups is 2. The van der Waals surface area contributed by atoms with E-state index in [1.807, 2.05) is 0 Å². The highest BCUT2D eigenvalue weighted by molar-refractivity contribution is 5.70. The Morgan fingerprint density at radius 2 is 1.21 bits per heavy atom. The van der Waals surface area contributed by atoms with Crippen LogP contribution in [0.5, 0.6) is 23.0 Å². The van der Waals surface area contributed by atoms with Crippen LogP contribution in [0.2, 0.25) is 0 Å². The Bertz CT molecular complexity index is 1550. The molecule has 16 atom stereocenters. The summed E-state index contributed by atoms with van der Waals surface area (Å²) in [5, 5.41) is 124. The van der Waals surface area contributed by atoms with Crippen LogP contribution < -0.4 is 9.47 Å². The molecule has 0 saturated carbocycles. The molecule has 4 heterocycles. The van der Waals surface area contributed by atoms with Gasteiger partial charge >= 0.3 is 0 Å². The lowest BCUT2D eigenvalue weighted by molar-refractivity contribution is -0.324. The van der Waals surface area contributed by atoms with Crippen LogP contribution in [0, 0.1) is 0 Å². The number of fused-ring (bicyclic) bond motifs is 1. The average molecular weight is 743 g/mol. The van der Waals surface area contributed by atoms with Gasteiger partial charge in [0.1, 0.15) is 95.9 Å². The summed E-state index contributed by atoms with van der Waals surface area (Å²) in [5.41, 5.74) is 0.425. The Morgan fingerprint density at radius 3 is 1.87 bits per heavy atom. The standard InChI is InChI=1S/C33H42O19/c1-11-21(37)24(40)27(43)31(47-11)46-10-20-23(39)26(42)29(45)33(52-20)50-18-8-15-16(36)6-14(48-32-28(44)25(41)22(38)19(9-34)51-32)7-17(15)49-30(18)12-2-4-13(35)5-3-12/h2-8,11,19-45H,9-10H2,1H3. The summed E-state index contributed by atoms with van der Waals surface area (Å²) in [6.07, 6.45) is -23.3. The fourth-order valence-corrected chi connectivity index (χ4v) is 6.20. The summed E-state index contributed by atoms with van der Waals surface area (Å²) in [5.74, 6) is -0.711. The third-order valence-corrected chi connectivity index (χ3v) is 9.33. The van der Waals surface area contributed by atoms with E-state index in [1.54, 1.807) is 0 Å². The molecule has 16 unspecified atom stereocenters. The highest BCUT2D eigenvalue weighted by atomic mass is 16.7. The molecular weight excluding hydrogens is 700 g/mol. The Hall–Kier alpha value is -3.38. The van der Waals surface area contributed by atoms with Crippen LogP contribution in [0.1, 0.15) is 24.2 Å². The predicted molar refractivity (Wildman–Crippen MR) is 168 cm³/mol. The first-order chi connectivity index (χ1) is 24.7. The van der Waals surface area contributed by atoms with Gasteiger partial charge in [-0.25, -0.2) is 0 Å². The van der Waals surface area contributed by atoms with E-state index in [9.17, 15) is 61.3 Å². The van der Waals surface area contributed by atoms with Gasteiger partial charge in [-0.05, 0) is 25.1 Å². The third-order valence-electron chi connectivity index (χ3n) is 9.33. The summed E-state index contributed by atoms with van der Waals surface area (Å²) in [7, 11) is 0. The molecule has 0 bridgehead atoms. The molecule has 52 heavy (non-hydrogen) atoms. The SMILES string of the molecule is CC1OC(OCC2OC(OC3=Cc4c(O)cc(OC5OC(CO)C(O)C(O)C5O)cc4OC3c3ccc(O)cc3)C(O)C(O)C2O)C(O)C(O)C1O. The van der Waals surface area contributed by atoms with Crippen molar-refractivity contribution in [3.8, 4) is 23.0 Å². The Labute approximate surface area is 295 Å². The van der Waals surface area contributed by atoms with E-state index < -0.39 is 117 Å². The number of aliphatic hydroxyl groups is 10. The summed E-state index contributed by atoms with van der Waals surface area (Å²) < 4.78 is 40.0. The van der Waals surface area contributed by atoms with Crippen molar-refractivity contribution < 1.29 is 94.4 Å². The predicted octanol–water partition coefficient (Wildman–Crippen LogP) is -3.58. The van der Waals surface area contributed by atoms with Gasteiger partial charge in [-0.1, -0.05) is 12.1 Å². The van der Waals surface area contributed by atoms with Crippen molar-refractivity contribution in [1.29, 1.82) is 0 Å². The van der Waals surface area contributed by atoms with Crippen LogP contribution in [0.3, 0.4) is 0 Å². The Kier molecular flexibility index (Phi) is 11.5. The van der Waals surface area contributed by atoms with Crippen LogP contribution in [-0.4, -0.2) is 167 Å². The zero-order valence-corrected chi connectivity index (χ0v) is 27.4. The van der Waals surface area contributed by atoms with Crippen molar-refractivity contribution in [2.24, 2.45) is 0 Å². The van der Waals surface area contributed by atoms with Gasteiger partial charge in [-0.3, -0.25) is 0 Å². The topological polar surface area (TPSA) is 307 Å². The van der Waals surface area contributed by atoms with Gasteiger partial charge < -0.3 is 94.4 Å². The fourth-order valence-electron chi connectivity index (χ4n) is 6.20. The molecule has 4 aliphatic heterocycles. The van der Waals surface area contributed by atoms with Gasteiger partial charge in [0, 0.05) is 17.7 Å². The van der Waals surface area contributed by atoms with Crippen LogP contribution in [-0.2, 0) is 23.7 Å². The van der Waals surface area contributed by atoms with E-state index in [0.717, 1.165) is 6.07 Å². The molecule has 0 spiro atoms. The number of ether oxygens (including phenoxy) is 7. The van der Waals surface area contributed by atoms with Crippen molar-refractivity contribution in [2.45, 2.75) is 105 Å². The van der Waals surface area contributed by atoms with Gasteiger partial charge in [-0.15, -0.1) is 0 Å². The molecule has 19 heteroatoms. The van der Waals surface area contributed by atoms with Gasteiger partial charge in [0.15, 0.2) is 12.4 Å². The molecule has 0 amide bonds. The van der Waals surface area contributed by atoms with Crippen molar-refractivity contribution in [2.75, 3.05) is 13.2 Å². The molecule has 12 N–H and O–H groups in total. The second-order valence-corrected chi connectivity index (χ2v) is 13.0. The highest BCUT2D eigenvalue weighted by Crippen LogP contribution is 2.45. The van der Waals surface area contributed by atoms with E-state index in [2.05, 4.69) is 0 Å². The number of hydrogen-bond donors (Lipinski definition) is 12. The number of hydrogen-bond acceptors (Lipinski definition) is 19. The highest BCUT2D eigenvalue weighted by Gasteiger charge is 2.49. The van der Waals surface area contributed by atoms with Crippen LogP contribution in [0.4, 0.5) is 0 Å². The van der Waals surface area contributed by atoms with Crippen molar-refractivity contribution in [3.05, 3.63) is 53.3 Å². The Morgan fingerprint density at radius 1 is 0.635 bits per heavy atom. The molecule has 0 aliphatic carbocycles. The second kappa shape index (κ2) is 15.5. The van der Waals surface area contributed by atoms with Gasteiger partial charge in [-0.2, -0.15) is 0 Å². The lowest BCUT2D eigenvalue weighted by Crippen LogP contribution is -2.61. The summed E-state index contributed by atoms with van der Waals surface area (Å²) in [6.45, 7) is 0.210. The lowest BCUT2D eigenvalue weighted by Gasteiger charge is -2.43. The van der Waals surface area contributed by atoms with Crippen molar-refractivity contribution >= 4 is 6.08 Å². The van der Waals surface area contributed by atoms with E-state index in [1.165, 1.54) is 43.3 Å². The molecule has 2 aromatic carbocycles. The largest absolute Gasteiger partial charge is 0.508 e. The van der Waals surface area contributed by atoms with E-state index >= 15 is 0 Å². The molecular formula is C33H42O19. The third kappa shape index (κ3) is 7.52. The molecule has 2 aromatic rings. The number of aliphatic hydroxyl groups excluding tert-OH is 10. The number of phenolic OH excluding ortho intramolecular Hbond substituents is 2. The van der Waals surface area contributed by atoms with E-state index in [0.29, 0.717) is 5.56 Å². The summed E-state index contributed by atoms with van der Waals surface area (Å²) in [4.78, 5) is 0. The minimum atomic E-state index is -1.84. The second-order valence-electron chi connectivity index (χ2n) is 13.0. The molecule has 0 radical (unpaired) electrons. The number of benzene rings is 2. The number of rotatable bonds is 9. The quantitative estimate of drug-likeness (QED) is 0.118. The minimum absolute atomic E-state index is 0.00411. The smallest absolute Gasteiger partial charge is 0.229 e. The Balaban J connectivity index is 1.24. The molecule has 0 aromatic heterocycles. The number of phenols is 2. The molecule has 6 rings (SSSR count). The van der Waals surface area contributed by atoms with Crippen LogP contribution in [0.15, 0.2) is 42.2 Å². The van der Waals surface area contributed by atoms with Crippen molar-refractivity contribution in [1.82, 2.24) is 0 Å². The molecule has 3 fully saturated rings. The normalized spacial score (nSPS) is 40.6. The van der Waals surface area contributed by atoms with Gasteiger partial charge in [0.2, 0.25) is 12.6 Å². The van der Waals surface area contributed by atoms with Crippen LogP contribution in [0.25, 0.3) is 6.08 Å². The van der Waals surface area contributed by atoms with E-state index in [-0.39, 0.29) is 28.6 Å². The molecule has 19 nitrogen and oxygen atoms in total. The monoisotopic (exact) mass is 742 g/mol. The molecule has 3 saturated heterocycles. The van der Waals surface area contributed by atoms with Gasteiger partial charge in [0.05, 0.1) is 24.9 Å². The first-order valence-corrected chi connectivity index (χ1v) is 16.4. The maximum Gasteiger partial charge on any atom is 0.229 e. The maximum absolute atomic E-state index is 11.0.